The van der Waals surface area contributed by atoms with Gasteiger partial charge >= 0.3 is 6.03 Å². The molecule has 114 valence electrons. The quantitative estimate of drug-likeness (QED) is 0.902. The van der Waals surface area contributed by atoms with Gasteiger partial charge in [0.1, 0.15) is 6.04 Å². The Labute approximate surface area is 136 Å². The Morgan fingerprint density at radius 3 is 3.00 bits per heavy atom. The van der Waals surface area contributed by atoms with Crippen LogP contribution < -0.4 is 15.5 Å². The van der Waals surface area contributed by atoms with Gasteiger partial charge in [0.25, 0.3) is 0 Å². The van der Waals surface area contributed by atoms with Crippen molar-refractivity contribution in [1.82, 2.24) is 10.6 Å². The lowest BCUT2D eigenvalue weighted by molar-refractivity contribution is -0.122. The Bertz CT molecular complexity index is 690. The summed E-state index contributed by atoms with van der Waals surface area (Å²) >= 11 is 7.52. The number of hydrogen-bond acceptors (Lipinski definition) is 3. The van der Waals surface area contributed by atoms with Gasteiger partial charge in [0.2, 0.25) is 5.91 Å². The van der Waals surface area contributed by atoms with Gasteiger partial charge in [0.05, 0.1) is 13.1 Å². The summed E-state index contributed by atoms with van der Waals surface area (Å²) < 4.78 is 0. The number of nitrogens with one attached hydrogen (secondary N) is 2. The van der Waals surface area contributed by atoms with Crippen molar-refractivity contribution in [3.8, 4) is 0 Å². The summed E-state index contributed by atoms with van der Waals surface area (Å²) in [4.78, 5) is 26.8. The van der Waals surface area contributed by atoms with E-state index < -0.39 is 6.04 Å². The SMILES string of the molecule is O=C(NCc1cccs1)C1CN(c2cccc(Cl)c2)C(=O)N1. The monoisotopic (exact) mass is 335 g/mol. The molecule has 1 unspecified atom stereocenters. The molecule has 7 heteroatoms. The molecule has 1 fully saturated rings. The number of hydrogen-bond donors (Lipinski definition) is 2. The molecular weight excluding hydrogens is 322 g/mol. The molecule has 1 aliphatic rings. The Morgan fingerprint density at radius 1 is 1.41 bits per heavy atom. The number of rotatable bonds is 4. The molecule has 5 nitrogen and oxygen atoms in total. The molecular formula is C15H14ClN3O2S. The normalized spacial score (nSPS) is 17.4. The Hall–Kier alpha value is -2.05. The van der Waals surface area contributed by atoms with Crippen LogP contribution in [0.3, 0.4) is 0 Å². The lowest BCUT2D eigenvalue weighted by Crippen LogP contribution is -2.42. The van der Waals surface area contributed by atoms with E-state index in [1.165, 1.54) is 4.90 Å². The van der Waals surface area contributed by atoms with Gasteiger partial charge < -0.3 is 10.6 Å². The molecule has 0 spiro atoms. The fourth-order valence-electron chi connectivity index (χ4n) is 2.26. The van der Waals surface area contributed by atoms with Gasteiger partial charge in [0.15, 0.2) is 0 Å². The van der Waals surface area contributed by atoms with Crippen molar-refractivity contribution in [2.24, 2.45) is 0 Å². The minimum atomic E-state index is -0.563. The zero-order valence-electron chi connectivity index (χ0n) is 11.6. The fourth-order valence-corrected chi connectivity index (χ4v) is 3.09. The number of halogens is 1. The van der Waals surface area contributed by atoms with Crippen LogP contribution in [0.2, 0.25) is 5.02 Å². The van der Waals surface area contributed by atoms with Crippen LogP contribution in [-0.4, -0.2) is 24.5 Å². The molecule has 3 rings (SSSR count). The Morgan fingerprint density at radius 2 is 2.27 bits per heavy atom. The summed E-state index contributed by atoms with van der Waals surface area (Å²) in [6, 6.07) is 10.0. The fraction of sp³-hybridized carbons (Fsp3) is 0.200. The van der Waals surface area contributed by atoms with Crippen LogP contribution in [0.1, 0.15) is 4.88 Å². The van der Waals surface area contributed by atoms with Crippen LogP contribution in [0, 0.1) is 0 Å². The third-order valence-electron chi connectivity index (χ3n) is 3.36. The van der Waals surface area contributed by atoms with Crippen molar-refractivity contribution in [1.29, 1.82) is 0 Å². The number of benzene rings is 1. The second kappa shape index (κ2) is 6.37. The molecule has 0 bridgehead atoms. The van der Waals surface area contributed by atoms with Gasteiger partial charge in [0, 0.05) is 15.6 Å². The first-order valence-electron chi connectivity index (χ1n) is 6.77. The number of anilines is 1. The van der Waals surface area contributed by atoms with Gasteiger partial charge in [-0.2, -0.15) is 0 Å². The average Bonchev–Trinajstić information content (AvgIpc) is 3.14. The lowest BCUT2D eigenvalue weighted by Gasteiger charge is -2.14. The highest BCUT2D eigenvalue weighted by atomic mass is 35.5. The van der Waals surface area contributed by atoms with Gasteiger partial charge in [-0.1, -0.05) is 23.7 Å². The van der Waals surface area contributed by atoms with Crippen LogP contribution in [0.4, 0.5) is 10.5 Å². The van der Waals surface area contributed by atoms with Crippen molar-refractivity contribution >= 4 is 40.6 Å². The predicted octanol–water partition coefficient (Wildman–Crippen LogP) is 2.62. The van der Waals surface area contributed by atoms with E-state index in [9.17, 15) is 9.59 Å². The second-order valence-corrected chi connectivity index (χ2v) is 6.36. The topological polar surface area (TPSA) is 61.4 Å². The second-order valence-electron chi connectivity index (χ2n) is 4.89. The van der Waals surface area contributed by atoms with E-state index in [1.54, 1.807) is 35.6 Å². The maximum absolute atomic E-state index is 12.2. The van der Waals surface area contributed by atoms with E-state index in [4.69, 9.17) is 11.6 Å². The van der Waals surface area contributed by atoms with E-state index in [2.05, 4.69) is 10.6 Å². The van der Waals surface area contributed by atoms with Crippen LogP contribution >= 0.6 is 22.9 Å². The molecule has 0 saturated carbocycles. The van der Waals surface area contributed by atoms with Gasteiger partial charge in [-0.3, -0.25) is 9.69 Å². The number of carbonyl (C=O) groups is 2. The highest BCUT2D eigenvalue weighted by Crippen LogP contribution is 2.22. The summed E-state index contributed by atoms with van der Waals surface area (Å²) in [6.45, 7) is 0.759. The summed E-state index contributed by atoms with van der Waals surface area (Å²) in [6.07, 6.45) is 0. The molecule has 1 saturated heterocycles. The highest BCUT2D eigenvalue weighted by Gasteiger charge is 2.34. The summed E-state index contributed by atoms with van der Waals surface area (Å²) in [7, 11) is 0. The molecule has 22 heavy (non-hydrogen) atoms. The largest absolute Gasteiger partial charge is 0.349 e. The number of nitrogens with zero attached hydrogens (tertiary/aromatic N) is 1. The van der Waals surface area contributed by atoms with E-state index in [1.807, 2.05) is 17.5 Å². The Kier molecular flexibility index (Phi) is 4.31. The summed E-state index contributed by atoms with van der Waals surface area (Å²) in [5.41, 5.74) is 0.679. The minimum Gasteiger partial charge on any atom is -0.349 e. The summed E-state index contributed by atoms with van der Waals surface area (Å²) in [5, 5.41) is 8.03. The first-order chi connectivity index (χ1) is 10.6. The lowest BCUT2D eigenvalue weighted by atomic mass is 10.2. The zero-order valence-corrected chi connectivity index (χ0v) is 13.2. The van der Waals surface area contributed by atoms with E-state index in [-0.39, 0.29) is 18.5 Å². The van der Waals surface area contributed by atoms with Gasteiger partial charge in [-0.05, 0) is 29.6 Å². The molecule has 2 N–H and O–H groups in total. The van der Waals surface area contributed by atoms with Crippen LogP contribution in [0.25, 0.3) is 0 Å². The van der Waals surface area contributed by atoms with E-state index in [0.29, 0.717) is 17.3 Å². The molecule has 1 atom stereocenters. The standard InChI is InChI=1S/C15H14ClN3O2S/c16-10-3-1-4-11(7-10)19-9-13(18-15(19)21)14(20)17-8-12-5-2-6-22-12/h1-7,13H,8-9H2,(H,17,20)(H,18,21). The zero-order chi connectivity index (χ0) is 15.5. The average molecular weight is 336 g/mol. The molecule has 2 aromatic rings. The van der Waals surface area contributed by atoms with Gasteiger partial charge in [-0.15, -0.1) is 11.3 Å². The number of amides is 3. The molecule has 0 aliphatic carbocycles. The molecule has 2 heterocycles. The first kappa shape index (κ1) is 14.9. The third-order valence-corrected chi connectivity index (χ3v) is 4.47. The number of urea groups is 1. The minimum absolute atomic E-state index is 0.189. The van der Waals surface area contributed by atoms with Crippen LogP contribution in [0.5, 0.6) is 0 Å². The van der Waals surface area contributed by atoms with Crippen molar-refractivity contribution < 1.29 is 9.59 Å². The smallest absolute Gasteiger partial charge is 0.322 e. The third kappa shape index (κ3) is 3.23. The predicted molar refractivity (Wildman–Crippen MR) is 87.3 cm³/mol. The number of carbonyl (C=O) groups excluding carboxylic acids is 2. The van der Waals surface area contributed by atoms with E-state index >= 15 is 0 Å². The maximum Gasteiger partial charge on any atom is 0.322 e. The molecule has 3 amide bonds. The van der Waals surface area contributed by atoms with E-state index in [0.717, 1.165) is 4.88 Å². The summed E-state index contributed by atoms with van der Waals surface area (Å²) in [5.74, 6) is -0.189. The van der Waals surface area contributed by atoms with Crippen molar-refractivity contribution in [3.05, 3.63) is 51.7 Å². The number of thiophene rings is 1. The highest BCUT2D eigenvalue weighted by molar-refractivity contribution is 7.09. The van der Waals surface area contributed by atoms with Crippen molar-refractivity contribution in [2.45, 2.75) is 12.6 Å². The van der Waals surface area contributed by atoms with Crippen LogP contribution in [-0.2, 0) is 11.3 Å². The molecule has 1 aliphatic heterocycles. The van der Waals surface area contributed by atoms with Crippen LogP contribution in [0.15, 0.2) is 41.8 Å². The van der Waals surface area contributed by atoms with Crippen molar-refractivity contribution in [3.63, 3.8) is 0 Å². The van der Waals surface area contributed by atoms with Gasteiger partial charge in [-0.25, -0.2) is 4.79 Å². The molecule has 1 aromatic carbocycles. The van der Waals surface area contributed by atoms with Crippen molar-refractivity contribution in [2.75, 3.05) is 11.4 Å². The molecule has 0 radical (unpaired) electrons. The Balaban J connectivity index is 1.62. The maximum atomic E-state index is 12.2. The first-order valence-corrected chi connectivity index (χ1v) is 8.03. The molecule has 1 aromatic heterocycles.